The Labute approximate surface area is 209 Å². The number of nitrogens with zero attached hydrogens (tertiary/aromatic N) is 4. The number of carbonyl (C=O) groups excluding carboxylic acids is 3. The highest BCUT2D eigenvalue weighted by molar-refractivity contribution is 6.10. The summed E-state index contributed by atoms with van der Waals surface area (Å²) in [6, 6.07) is 12.7. The molecule has 0 spiro atoms. The van der Waals surface area contributed by atoms with Gasteiger partial charge >= 0.3 is 0 Å². The van der Waals surface area contributed by atoms with Crippen molar-refractivity contribution in [2.24, 2.45) is 0 Å². The highest BCUT2D eigenvalue weighted by atomic mass is 16.5. The van der Waals surface area contributed by atoms with Crippen LogP contribution in [-0.2, 0) is 9.59 Å². The molecule has 0 radical (unpaired) electrons. The molecule has 9 nitrogen and oxygen atoms in total. The van der Waals surface area contributed by atoms with Gasteiger partial charge in [-0.1, -0.05) is 43.3 Å². The number of aryl methyl sites for hydroxylation is 1. The Hall–Kier alpha value is -4.01. The fourth-order valence-corrected chi connectivity index (χ4v) is 5.05. The maximum atomic E-state index is 13.4. The number of hydrogen-bond donors (Lipinski definition) is 1. The highest BCUT2D eigenvalue weighted by Gasteiger charge is 2.52. The lowest BCUT2D eigenvalue weighted by molar-refractivity contribution is -0.117. The second-order valence-electron chi connectivity index (χ2n) is 9.83. The summed E-state index contributed by atoms with van der Waals surface area (Å²) in [6.07, 6.45) is 0.946. The average Bonchev–Trinajstić information content (AvgIpc) is 3.46. The summed E-state index contributed by atoms with van der Waals surface area (Å²) in [4.78, 5) is 47.1. The number of benzene rings is 2. The molecule has 186 valence electrons. The average molecular weight is 488 g/mol. The number of hydrogen-bond acceptors (Lipinski definition) is 6. The Bertz CT molecular complexity index is 1360. The molecule has 9 heteroatoms. The maximum Gasteiger partial charge on any atom is 0.260 e. The van der Waals surface area contributed by atoms with Crippen LogP contribution >= 0.6 is 0 Å². The molecule has 3 amide bonds. The van der Waals surface area contributed by atoms with Gasteiger partial charge < -0.3 is 14.7 Å². The number of fused-ring (bicyclic) bond motifs is 3. The molecule has 0 saturated carbocycles. The zero-order valence-corrected chi connectivity index (χ0v) is 20.9. The first kappa shape index (κ1) is 23.7. The van der Waals surface area contributed by atoms with Crippen LogP contribution in [-0.4, -0.2) is 45.0 Å². The fraction of sp³-hybridized carbons (Fsp3) is 0.370. The fourth-order valence-electron chi connectivity index (χ4n) is 5.05. The normalized spacial score (nSPS) is 19.0. The van der Waals surface area contributed by atoms with E-state index >= 15 is 0 Å². The van der Waals surface area contributed by atoms with Gasteiger partial charge in [-0.05, 0) is 44.0 Å². The predicted molar refractivity (Wildman–Crippen MR) is 134 cm³/mol. The minimum atomic E-state index is -0.798. The first-order valence-corrected chi connectivity index (χ1v) is 12.2. The molecule has 0 aliphatic carbocycles. The number of aromatic nitrogens is 2. The number of nitrogens with one attached hydrogen (secondary N) is 1. The molecule has 36 heavy (non-hydrogen) atoms. The number of amides is 3. The second-order valence-corrected chi connectivity index (χ2v) is 9.83. The van der Waals surface area contributed by atoms with Gasteiger partial charge in [-0.2, -0.15) is 4.98 Å². The summed E-state index contributed by atoms with van der Waals surface area (Å²) in [5.74, 6) is 0.609. The van der Waals surface area contributed by atoms with E-state index in [0.29, 0.717) is 47.1 Å². The third-order valence-corrected chi connectivity index (χ3v) is 7.03. The molecular formula is C27H29N5O4. The van der Waals surface area contributed by atoms with Gasteiger partial charge in [-0.15, -0.1) is 0 Å². The first-order chi connectivity index (χ1) is 17.2. The molecule has 2 aromatic carbocycles. The van der Waals surface area contributed by atoms with Crippen molar-refractivity contribution in [1.29, 1.82) is 0 Å². The summed E-state index contributed by atoms with van der Waals surface area (Å²) in [5, 5.41) is 7.02. The van der Waals surface area contributed by atoms with E-state index in [2.05, 4.69) is 15.5 Å². The van der Waals surface area contributed by atoms with Crippen LogP contribution in [0.3, 0.4) is 0 Å². The van der Waals surface area contributed by atoms with E-state index in [1.165, 1.54) is 0 Å². The summed E-state index contributed by atoms with van der Waals surface area (Å²) in [5.41, 5.74) is 2.41. The van der Waals surface area contributed by atoms with E-state index in [9.17, 15) is 14.4 Å². The Balaban J connectivity index is 1.37. The number of carbonyl (C=O) groups is 3. The van der Waals surface area contributed by atoms with Crippen LogP contribution in [0.15, 0.2) is 47.0 Å². The Morgan fingerprint density at radius 1 is 1.14 bits per heavy atom. The molecule has 1 saturated heterocycles. The monoisotopic (exact) mass is 487 g/mol. The predicted octanol–water partition coefficient (Wildman–Crippen LogP) is 4.50. The molecule has 1 N–H and O–H groups in total. The van der Waals surface area contributed by atoms with Crippen molar-refractivity contribution < 1.29 is 18.9 Å². The summed E-state index contributed by atoms with van der Waals surface area (Å²) in [6.45, 7) is 7.93. The van der Waals surface area contributed by atoms with Gasteiger partial charge in [0.25, 0.3) is 11.8 Å². The molecule has 1 atom stereocenters. The number of rotatable bonds is 6. The van der Waals surface area contributed by atoms with Gasteiger partial charge in [-0.25, -0.2) is 0 Å². The van der Waals surface area contributed by atoms with Gasteiger partial charge in [0, 0.05) is 25.3 Å². The zero-order valence-electron chi connectivity index (χ0n) is 20.9. The van der Waals surface area contributed by atoms with E-state index in [-0.39, 0.29) is 36.6 Å². The minimum absolute atomic E-state index is 0.0169. The third-order valence-electron chi connectivity index (χ3n) is 7.03. The molecular weight excluding hydrogens is 458 g/mol. The van der Waals surface area contributed by atoms with Crippen molar-refractivity contribution >= 4 is 29.1 Å². The smallest absolute Gasteiger partial charge is 0.260 e. The first-order valence-electron chi connectivity index (χ1n) is 12.2. The van der Waals surface area contributed by atoms with Gasteiger partial charge in [0.05, 0.1) is 22.5 Å². The van der Waals surface area contributed by atoms with Crippen molar-refractivity contribution in [2.75, 3.05) is 16.8 Å². The standard InChI is InChI=1S/C27H29N5O4/c1-16(2)24-29-25(36-30-24)19-10-7-8-17(3)23(19)28-21(33)13-15-31-26(35)18-9-5-6-11-20(18)32-22(34)12-14-27(31,32)4/h5-11,16H,12-15H2,1-4H3,(H,28,33). The lowest BCUT2D eigenvalue weighted by atomic mass is 9.98. The van der Waals surface area contributed by atoms with E-state index in [1.807, 2.05) is 52.0 Å². The minimum Gasteiger partial charge on any atom is -0.334 e. The van der Waals surface area contributed by atoms with Crippen molar-refractivity contribution in [2.45, 2.75) is 58.5 Å². The zero-order chi connectivity index (χ0) is 25.6. The van der Waals surface area contributed by atoms with Crippen LogP contribution in [0, 0.1) is 6.92 Å². The molecule has 1 fully saturated rings. The molecule has 2 aliphatic rings. The van der Waals surface area contributed by atoms with E-state index in [0.717, 1.165) is 5.56 Å². The Kier molecular flexibility index (Phi) is 5.86. The van der Waals surface area contributed by atoms with Gasteiger partial charge in [0.2, 0.25) is 11.8 Å². The molecule has 0 bridgehead atoms. The summed E-state index contributed by atoms with van der Waals surface area (Å²) >= 11 is 0. The molecule has 1 aromatic heterocycles. The molecule has 5 rings (SSSR count). The van der Waals surface area contributed by atoms with Crippen molar-refractivity contribution in [3.8, 4) is 11.5 Å². The van der Waals surface area contributed by atoms with Gasteiger partial charge in [0.15, 0.2) is 5.82 Å². The van der Waals surface area contributed by atoms with Crippen LogP contribution in [0.2, 0.25) is 0 Å². The number of anilines is 2. The maximum absolute atomic E-state index is 13.4. The van der Waals surface area contributed by atoms with Gasteiger partial charge in [-0.3, -0.25) is 19.3 Å². The Morgan fingerprint density at radius 2 is 1.89 bits per heavy atom. The quantitative estimate of drug-likeness (QED) is 0.549. The molecule has 3 aromatic rings. The summed E-state index contributed by atoms with van der Waals surface area (Å²) < 4.78 is 5.46. The highest BCUT2D eigenvalue weighted by Crippen LogP contribution is 2.44. The lowest BCUT2D eigenvalue weighted by Crippen LogP contribution is -2.62. The molecule has 3 heterocycles. The topological polar surface area (TPSA) is 109 Å². The van der Waals surface area contributed by atoms with Crippen LogP contribution in [0.1, 0.15) is 67.7 Å². The summed E-state index contributed by atoms with van der Waals surface area (Å²) in [7, 11) is 0. The van der Waals surface area contributed by atoms with E-state index < -0.39 is 5.66 Å². The second kappa shape index (κ2) is 8.89. The molecule has 2 aliphatic heterocycles. The largest absolute Gasteiger partial charge is 0.334 e. The van der Waals surface area contributed by atoms with Crippen molar-refractivity contribution in [3.63, 3.8) is 0 Å². The van der Waals surface area contributed by atoms with Crippen molar-refractivity contribution in [3.05, 3.63) is 59.4 Å². The van der Waals surface area contributed by atoms with Crippen LogP contribution < -0.4 is 10.2 Å². The SMILES string of the molecule is Cc1cccc(-c2nc(C(C)C)no2)c1NC(=O)CCN1C(=O)c2ccccc2N2C(=O)CCC12C. The van der Waals surface area contributed by atoms with Crippen molar-refractivity contribution in [1.82, 2.24) is 15.0 Å². The van der Waals surface area contributed by atoms with Crippen LogP contribution in [0.4, 0.5) is 11.4 Å². The lowest BCUT2D eigenvalue weighted by Gasteiger charge is -2.48. The van der Waals surface area contributed by atoms with Crippen LogP contribution in [0.5, 0.6) is 0 Å². The Morgan fingerprint density at radius 3 is 2.64 bits per heavy atom. The number of para-hydroxylation sites is 2. The molecule has 1 unspecified atom stereocenters. The third kappa shape index (κ3) is 3.84. The van der Waals surface area contributed by atoms with Crippen LogP contribution in [0.25, 0.3) is 11.5 Å². The van der Waals surface area contributed by atoms with E-state index in [4.69, 9.17) is 4.52 Å². The van der Waals surface area contributed by atoms with Gasteiger partial charge in [0.1, 0.15) is 5.66 Å². The van der Waals surface area contributed by atoms with E-state index in [1.54, 1.807) is 28.0 Å².